The lowest BCUT2D eigenvalue weighted by Crippen LogP contribution is -2.42. The fraction of sp³-hybridized carbons (Fsp3) is 0.462. The summed E-state index contributed by atoms with van der Waals surface area (Å²) in [4.78, 5) is 14.5. The fourth-order valence-electron chi connectivity index (χ4n) is 1.54. The maximum absolute atomic E-state index is 11.8. The molecule has 0 unspecified atom stereocenters. The number of rotatable bonds is 4. The standard InChI is InChI=1S/C13H19NO2S/c1-13(2,16)12(15)14(3)9-10-5-7-11(17-4)8-6-10/h5-8,16H,9H2,1-4H3. The fourth-order valence-corrected chi connectivity index (χ4v) is 1.95. The minimum atomic E-state index is -1.31. The first-order valence-corrected chi connectivity index (χ1v) is 6.68. The molecule has 94 valence electrons. The Morgan fingerprint density at radius 3 is 2.29 bits per heavy atom. The average molecular weight is 253 g/mol. The Hall–Kier alpha value is -1.00. The largest absolute Gasteiger partial charge is 0.381 e. The molecule has 0 aromatic heterocycles. The summed E-state index contributed by atoms with van der Waals surface area (Å²) < 4.78 is 0. The highest BCUT2D eigenvalue weighted by Gasteiger charge is 2.27. The van der Waals surface area contributed by atoms with Gasteiger partial charge in [-0.3, -0.25) is 4.79 Å². The molecule has 1 amide bonds. The van der Waals surface area contributed by atoms with Crippen LogP contribution in [0.3, 0.4) is 0 Å². The van der Waals surface area contributed by atoms with E-state index in [0.29, 0.717) is 6.54 Å². The van der Waals surface area contributed by atoms with Gasteiger partial charge in [0.25, 0.3) is 5.91 Å². The normalized spacial score (nSPS) is 11.4. The van der Waals surface area contributed by atoms with Crippen LogP contribution in [-0.2, 0) is 11.3 Å². The van der Waals surface area contributed by atoms with E-state index in [-0.39, 0.29) is 5.91 Å². The van der Waals surface area contributed by atoms with Crippen LogP contribution >= 0.6 is 11.8 Å². The molecule has 0 aliphatic heterocycles. The molecule has 0 atom stereocenters. The van der Waals surface area contributed by atoms with Gasteiger partial charge in [0.15, 0.2) is 0 Å². The molecule has 0 fully saturated rings. The number of thioether (sulfide) groups is 1. The van der Waals surface area contributed by atoms with Gasteiger partial charge in [0, 0.05) is 18.5 Å². The summed E-state index contributed by atoms with van der Waals surface area (Å²) in [5.41, 5.74) is -0.253. The molecule has 1 N–H and O–H groups in total. The minimum absolute atomic E-state index is 0.272. The van der Waals surface area contributed by atoms with Gasteiger partial charge in [0.05, 0.1) is 0 Å². The predicted molar refractivity (Wildman–Crippen MR) is 71.0 cm³/mol. The molecule has 0 bridgehead atoms. The minimum Gasteiger partial charge on any atom is -0.381 e. The van der Waals surface area contributed by atoms with Crippen molar-refractivity contribution in [2.45, 2.75) is 30.9 Å². The van der Waals surface area contributed by atoms with Crippen molar-refractivity contribution in [2.24, 2.45) is 0 Å². The van der Waals surface area contributed by atoms with Crippen molar-refractivity contribution in [2.75, 3.05) is 13.3 Å². The summed E-state index contributed by atoms with van der Waals surface area (Å²) in [6.07, 6.45) is 2.03. The highest BCUT2D eigenvalue weighted by Crippen LogP contribution is 2.16. The zero-order valence-corrected chi connectivity index (χ0v) is 11.5. The molecule has 4 heteroatoms. The van der Waals surface area contributed by atoms with Crippen LogP contribution < -0.4 is 0 Å². The number of nitrogens with zero attached hydrogens (tertiary/aromatic N) is 1. The zero-order valence-electron chi connectivity index (χ0n) is 10.7. The molecule has 0 aliphatic carbocycles. The molecule has 0 heterocycles. The van der Waals surface area contributed by atoms with E-state index in [1.165, 1.54) is 23.6 Å². The molecule has 1 aromatic carbocycles. The van der Waals surface area contributed by atoms with Crippen LogP contribution in [0, 0.1) is 0 Å². The summed E-state index contributed by atoms with van der Waals surface area (Å²) in [6.45, 7) is 3.52. The van der Waals surface area contributed by atoms with Gasteiger partial charge in [-0.15, -0.1) is 11.8 Å². The third-order valence-electron chi connectivity index (χ3n) is 2.45. The zero-order chi connectivity index (χ0) is 13.1. The average Bonchev–Trinajstić information content (AvgIpc) is 2.27. The molecule has 1 rings (SSSR count). The predicted octanol–water partition coefficient (Wildman–Crippen LogP) is 2.14. The van der Waals surface area contributed by atoms with E-state index < -0.39 is 5.60 Å². The summed E-state index contributed by atoms with van der Waals surface area (Å²) in [5, 5.41) is 9.62. The number of carbonyl (C=O) groups excluding carboxylic acids is 1. The van der Waals surface area contributed by atoms with Gasteiger partial charge < -0.3 is 10.0 Å². The van der Waals surface area contributed by atoms with Gasteiger partial charge in [0.2, 0.25) is 0 Å². The molecule has 17 heavy (non-hydrogen) atoms. The molecule has 0 saturated carbocycles. The monoisotopic (exact) mass is 253 g/mol. The number of benzene rings is 1. The quantitative estimate of drug-likeness (QED) is 0.836. The third-order valence-corrected chi connectivity index (χ3v) is 3.19. The Morgan fingerprint density at radius 1 is 1.35 bits per heavy atom. The topological polar surface area (TPSA) is 40.5 Å². The highest BCUT2D eigenvalue weighted by atomic mass is 32.2. The number of amides is 1. The van der Waals surface area contributed by atoms with E-state index in [2.05, 4.69) is 0 Å². The second-order valence-corrected chi connectivity index (χ2v) is 5.45. The van der Waals surface area contributed by atoms with E-state index in [4.69, 9.17) is 0 Å². The number of hydrogen-bond acceptors (Lipinski definition) is 3. The Morgan fingerprint density at radius 2 is 1.88 bits per heavy atom. The number of hydrogen-bond donors (Lipinski definition) is 1. The highest BCUT2D eigenvalue weighted by molar-refractivity contribution is 7.98. The lowest BCUT2D eigenvalue weighted by atomic mass is 10.1. The molecule has 0 aliphatic rings. The Labute approximate surface area is 107 Å². The third kappa shape index (κ3) is 4.06. The molecule has 0 saturated heterocycles. The summed E-state index contributed by atoms with van der Waals surface area (Å²) in [5.74, 6) is -0.272. The summed E-state index contributed by atoms with van der Waals surface area (Å²) in [7, 11) is 1.70. The second-order valence-electron chi connectivity index (χ2n) is 4.57. The molecule has 0 radical (unpaired) electrons. The van der Waals surface area contributed by atoms with Crippen molar-refractivity contribution >= 4 is 17.7 Å². The van der Waals surface area contributed by atoms with Crippen molar-refractivity contribution in [3.05, 3.63) is 29.8 Å². The number of carbonyl (C=O) groups is 1. The first kappa shape index (κ1) is 14.1. The Balaban J connectivity index is 2.68. The van der Waals surface area contributed by atoms with E-state index >= 15 is 0 Å². The van der Waals surface area contributed by atoms with Gasteiger partial charge in [-0.1, -0.05) is 12.1 Å². The lowest BCUT2D eigenvalue weighted by Gasteiger charge is -2.25. The van der Waals surface area contributed by atoms with Gasteiger partial charge in [-0.25, -0.2) is 0 Å². The first-order valence-electron chi connectivity index (χ1n) is 5.45. The van der Waals surface area contributed by atoms with Crippen LogP contribution in [0.25, 0.3) is 0 Å². The van der Waals surface area contributed by atoms with Crippen molar-refractivity contribution < 1.29 is 9.90 Å². The van der Waals surface area contributed by atoms with Crippen LogP contribution in [-0.4, -0.2) is 34.8 Å². The smallest absolute Gasteiger partial charge is 0.253 e. The van der Waals surface area contributed by atoms with Gasteiger partial charge in [-0.2, -0.15) is 0 Å². The first-order chi connectivity index (χ1) is 7.84. The molecule has 3 nitrogen and oxygen atoms in total. The maximum atomic E-state index is 11.8. The van der Waals surface area contributed by atoms with Gasteiger partial charge in [-0.05, 0) is 37.8 Å². The van der Waals surface area contributed by atoms with E-state index in [1.807, 2.05) is 30.5 Å². The lowest BCUT2D eigenvalue weighted by molar-refractivity contribution is -0.146. The van der Waals surface area contributed by atoms with Crippen molar-refractivity contribution in [1.29, 1.82) is 0 Å². The van der Waals surface area contributed by atoms with E-state index in [0.717, 1.165) is 5.56 Å². The molecular weight excluding hydrogens is 234 g/mol. The van der Waals surface area contributed by atoms with Gasteiger partial charge >= 0.3 is 0 Å². The van der Waals surface area contributed by atoms with Crippen LogP contribution in [0.2, 0.25) is 0 Å². The number of likely N-dealkylation sites (N-methyl/N-ethyl adjacent to an activating group) is 1. The van der Waals surface area contributed by atoms with E-state index in [9.17, 15) is 9.90 Å². The van der Waals surface area contributed by atoms with Crippen molar-refractivity contribution in [1.82, 2.24) is 4.90 Å². The maximum Gasteiger partial charge on any atom is 0.253 e. The van der Waals surface area contributed by atoms with Crippen molar-refractivity contribution in [3.63, 3.8) is 0 Å². The Bertz CT molecular complexity index is 381. The SMILES string of the molecule is CSc1ccc(CN(C)C(=O)C(C)(C)O)cc1. The van der Waals surface area contributed by atoms with Crippen LogP contribution in [0.1, 0.15) is 19.4 Å². The van der Waals surface area contributed by atoms with Gasteiger partial charge in [0.1, 0.15) is 5.60 Å². The van der Waals surface area contributed by atoms with Crippen LogP contribution in [0.5, 0.6) is 0 Å². The molecular formula is C13H19NO2S. The summed E-state index contributed by atoms with van der Waals surface area (Å²) >= 11 is 1.69. The molecule has 1 aromatic rings. The van der Waals surface area contributed by atoms with Crippen LogP contribution in [0.15, 0.2) is 29.2 Å². The Kier molecular flexibility index (Phi) is 4.60. The van der Waals surface area contributed by atoms with E-state index in [1.54, 1.807) is 18.8 Å². The summed E-state index contributed by atoms with van der Waals surface area (Å²) in [6, 6.07) is 8.06. The molecule has 0 spiro atoms. The van der Waals surface area contributed by atoms with Crippen LogP contribution in [0.4, 0.5) is 0 Å². The second kappa shape index (κ2) is 5.56. The number of aliphatic hydroxyl groups is 1. The van der Waals surface area contributed by atoms with Crippen molar-refractivity contribution in [3.8, 4) is 0 Å².